The number of aromatic nitrogens is 4. The molecule has 0 aliphatic heterocycles. The molecule has 10 aromatic carbocycles. The fraction of sp³-hybridized carbons (Fsp3) is 0.0345. The second-order valence-corrected chi connectivity index (χ2v) is 16.3. The minimum atomic E-state index is 0.958. The van der Waals surface area contributed by atoms with Gasteiger partial charge in [-0.1, -0.05) is 176 Å². The van der Waals surface area contributed by atoms with Gasteiger partial charge in [0.2, 0.25) is 0 Å². The molecule has 292 valence electrons. The zero-order chi connectivity index (χ0) is 41.3. The van der Waals surface area contributed by atoms with E-state index in [1.165, 1.54) is 65.7 Å². The SMILES string of the molecule is Cn1c(-c2ccccc2)nc2ccc(-c3cccc4c(-c5c(-c6ccccc6)ccc6ccccc56)c5cccc(-c6ccc7nc(-c8ccccc8)n(C)c7c6)c5cc34)cc21. The minimum absolute atomic E-state index is 0.958. The smallest absolute Gasteiger partial charge is 0.140 e. The van der Waals surface area contributed by atoms with Crippen LogP contribution in [-0.4, -0.2) is 19.1 Å². The van der Waals surface area contributed by atoms with Gasteiger partial charge in [0.1, 0.15) is 11.6 Å². The predicted octanol–water partition coefficient (Wildman–Crippen LogP) is 14.9. The molecule has 2 aromatic heterocycles. The van der Waals surface area contributed by atoms with Crippen molar-refractivity contribution in [2.45, 2.75) is 0 Å². The molecule has 0 fully saturated rings. The summed E-state index contributed by atoms with van der Waals surface area (Å²) in [4.78, 5) is 10.2. The number of imidazole rings is 2. The summed E-state index contributed by atoms with van der Waals surface area (Å²) >= 11 is 0. The van der Waals surface area contributed by atoms with E-state index >= 15 is 0 Å². The molecular weight excluding hydrogens is 753 g/mol. The highest BCUT2D eigenvalue weighted by atomic mass is 15.1. The van der Waals surface area contributed by atoms with E-state index in [1.807, 2.05) is 12.1 Å². The molecule has 12 aromatic rings. The molecule has 0 spiro atoms. The highest BCUT2D eigenvalue weighted by Gasteiger charge is 2.22. The van der Waals surface area contributed by atoms with E-state index in [0.717, 1.165) is 56.0 Å². The summed E-state index contributed by atoms with van der Waals surface area (Å²) in [6.07, 6.45) is 0. The Morgan fingerprint density at radius 2 is 0.774 bits per heavy atom. The van der Waals surface area contributed by atoms with Crippen LogP contribution < -0.4 is 0 Å². The van der Waals surface area contributed by atoms with Gasteiger partial charge < -0.3 is 9.13 Å². The van der Waals surface area contributed by atoms with Crippen LogP contribution >= 0.6 is 0 Å². The maximum absolute atomic E-state index is 5.09. The Morgan fingerprint density at radius 1 is 0.306 bits per heavy atom. The number of nitrogens with zero attached hydrogens (tertiary/aromatic N) is 4. The average molecular weight is 793 g/mol. The summed E-state index contributed by atoms with van der Waals surface area (Å²) in [5, 5.41) is 7.27. The highest BCUT2D eigenvalue weighted by Crippen LogP contribution is 2.48. The molecule has 12 rings (SSSR count). The predicted molar refractivity (Wildman–Crippen MR) is 260 cm³/mol. The summed E-state index contributed by atoms with van der Waals surface area (Å²) in [5.41, 5.74) is 15.9. The van der Waals surface area contributed by atoms with E-state index in [2.05, 4.69) is 217 Å². The van der Waals surface area contributed by atoms with Crippen LogP contribution in [0.4, 0.5) is 0 Å². The largest absolute Gasteiger partial charge is 0.327 e. The van der Waals surface area contributed by atoms with Crippen molar-refractivity contribution in [1.82, 2.24) is 19.1 Å². The second-order valence-electron chi connectivity index (χ2n) is 16.3. The number of fused-ring (bicyclic) bond motifs is 5. The Labute approximate surface area is 359 Å². The third-order valence-electron chi connectivity index (χ3n) is 12.8. The lowest BCUT2D eigenvalue weighted by Gasteiger charge is -2.21. The molecule has 4 nitrogen and oxygen atoms in total. The van der Waals surface area contributed by atoms with Crippen LogP contribution in [0.25, 0.3) is 122 Å². The normalized spacial score (nSPS) is 11.7. The molecule has 0 unspecified atom stereocenters. The first-order chi connectivity index (χ1) is 30.6. The van der Waals surface area contributed by atoms with Crippen molar-refractivity contribution in [3.8, 4) is 67.3 Å². The van der Waals surface area contributed by atoms with Gasteiger partial charge in [-0.05, 0) is 107 Å². The van der Waals surface area contributed by atoms with E-state index in [1.54, 1.807) is 0 Å². The van der Waals surface area contributed by atoms with Gasteiger partial charge in [-0.3, -0.25) is 0 Å². The minimum Gasteiger partial charge on any atom is -0.327 e. The number of hydrogen-bond donors (Lipinski definition) is 0. The van der Waals surface area contributed by atoms with Gasteiger partial charge >= 0.3 is 0 Å². The van der Waals surface area contributed by atoms with Gasteiger partial charge in [-0.15, -0.1) is 0 Å². The van der Waals surface area contributed by atoms with Gasteiger partial charge in [0.25, 0.3) is 0 Å². The lowest BCUT2D eigenvalue weighted by atomic mass is 9.82. The van der Waals surface area contributed by atoms with Gasteiger partial charge in [0.05, 0.1) is 22.1 Å². The molecule has 0 bridgehead atoms. The van der Waals surface area contributed by atoms with Gasteiger partial charge in [0, 0.05) is 25.2 Å². The van der Waals surface area contributed by atoms with Crippen LogP contribution in [0.2, 0.25) is 0 Å². The number of aryl methyl sites for hydroxylation is 2. The highest BCUT2D eigenvalue weighted by molar-refractivity contribution is 6.23. The molecular formula is C58H40N4. The molecule has 0 atom stereocenters. The lowest BCUT2D eigenvalue weighted by molar-refractivity contribution is 0.959. The molecule has 0 aliphatic carbocycles. The molecule has 0 amide bonds. The van der Waals surface area contributed by atoms with Crippen LogP contribution in [-0.2, 0) is 14.1 Å². The first-order valence-corrected chi connectivity index (χ1v) is 21.2. The zero-order valence-corrected chi connectivity index (χ0v) is 34.4. The van der Waals surface area contributed by atoms with Crippen LogP contribution in [0.3, 0.4) is 0 Å². The Hall–Kier alpha value is -8.08. The van der Waals surface area contributed by atoms with Crippen LogP contribution in [0.5, 0.6) is 0 Å². The third kappa shape index (κ3) is 5.68. The molecule has 0 aliphatic rings. The monoisotopic (exact) mass is 792 g/mol. The Bertz CT molecular complexity index is 3510. The first-order valence-electron chi connectivity index (χ1n) is 21.2. The summed E-state index contributed by atoms with van der Waals surface area (Å²) in [6.45, 7) is 0. The third-order valence-corrected chi connectivity index (χ3v) is 12.8. The van der Waals surface area contributed by atoms with E-state index in [4.69, 9.17) is 9.97 Å². The number of benzene rings is 10. The van der Waals surface area contributed by atoms with Crippen LogP contribution in [0.15, 0.2) is 206 Å². The summed E-state index contributed by atoms with van der Waals surface area (Å²) < 4.78 is 4.44. The molecule has 0 radical (unpaired) electrons. The average Bonchev–Trinajstić information content (AvgIpc) is 3.85. The van der Waals surface area contributed by atoms with Crippen LogP contribution in [0, 0.1) is 0 Å². The molecule has 0 N–H and O–H groups in total. The molecule has 0 saturated carbocycles. The fourth-order valence-corrected chi connectivity index (χ4v) is 9.74. The Balaban J connectivity index is 1.16. The van der Waals surface area contributed by atoms with Gasteiger partial charge in [-0.25, -0.2) is 9.97 Å². The maximum atomic E-state index is 5.09. The summed E-state index contributed by atoms with van der Waals surface area (Å²) in [7, 11) is 4.24. The quantitative estimate of drug-likeness (QED) is 0.157. The van der Waals surface area contributed by atoms with Crippen molar-refractivity contribution >= 4 is 54.4 Å². The molecule has 4 heteroatoms. The van der Waals surface area contributed by atoms with Crippen molar-refractivity contribution in [2.75, 3.05) is 0 Å². The van der Waals surface area contributed by atoms with Crippen LogP contribution in [0.1, 0.15) is 0 Å². The topological polar surface area (TPSA) is 35.6 Å². The molecule has 2 heterocycles. The summed E-state index contributed by atoms with van der Waals surface area (Å²) in [5.74, 6) is 1.92. The van der Waals surface area contributed by atoms with E-state index in [9.17, 15) is 0 Å². The van der Waals surface area contributed by atoms with Crippen molar-refractivity contribution in [2.24, 2.45) is 14.1 Å². The Kier molecular flexibility index (Phi) is 8.26. The molecule has 0 saturated heterocycles. The van der Waals surface area contributed by atoms with Crippen molar-refractivity contribution < 1.29 is 0 Å². The fourth-order valence-electron chi connectivity index (χ4n) is 9.74. The molecule has 62 heavy (non-hydrogen) atoms. The summed E-state index contributed by atoms with van der Waals surface area (Å²) in [6, 6.07) is 74.7. The van der Waals surface area contributed by atoms with Crippen molar-refractivity contribution in [3.63, 3.8) is 0 Å². The second kappa shape index (κ2) is 14.3. The van der Waals surface area contributed by atoms with Gasteiger partial charge in [-0.2, -0.15) is 0 Å². The van der Waals surface area contributed by atoms with Crippen molar-refractivity contribution in [1.29, 1.82) is 0 Å². The zero-order valence-electron chi connectivity index (χ0n) is 34.4. The maximum Gasteiger partial charge on any atom is 0.140 e. The van der Waals surface area contributed by atoms with E-state index in [0.29, 0.717) is 0 Å². The van der Waals surface area contributed by atoms with Crippen molar-refractivity contribution in [3.05, 3.63) is 206 Å². The number of hydrogen-bond acceptors (Lipinski definition) is 2. The lowest BCUT2D eigenvalue weighted by Crippen LogP contribution is -1.95. The van der Waals surface area contributed by atoms with Gasteiger partial charge in [0.15, 0.2) is 0 Å². The number of rotatable bonds is 6. The van der Waals surface area contributed by atoms with E-state index in [-0.39, 0.29) is 0 Å². The Morgan fingerprint density at radius 3 is 1.31 bits per heavy atom. The van der Waals surface area contributed by atoms with E-state index < -0.39 is 0 Å². The standard InChI is InChI=1S/C58H40N4/c1-61-53-34-41(29-32-51(53)59-57(61)39-19-8-4-9-20-39)43-24-14-26-47-49(43)36-50-44(42-30-33-52-54(35-42)62(2)58(60-52)40-21-10-5-11-22-40)25-15-27-48(50)56(47)55-45-23-13-12-18-38(45)28-31-46(55)37-16-6-3-7-17-37/h3-36H,1-2H3. The first kappa shape index (κ1) is 35.8.